The van der Waals surface area contributed by atoms with Crippen molar-refractivity contribution in [2.75, 3.05) is 11.5 Å². The van der Waals surface area contributed by atoms with Gasteiger partial charge in [0, 0.05) is 10.8 Å². The van der Waals surface area contributed by atoms with E-state index >= 15 is 0 Å². The number of thioether (sulfide) groups is 1. The van der Waals surface area contributed by atoms with E-state index in [1.165, 1.54) is 23.9 Å². The summed E-state index contributed by atoms with van der Waals surface area (Å²) in [4.78, 5) is 0.260. The minimum absolute atomic E-state index is 0.0140. The summed E-state index contributed by atoms with van der Waals surface area (Å²) in [5.41, 5.74) is 1.90. The zero-order valence-electron chi connectivity index (χ0n) is 13.3. The zero-order chi connectivity index (χ0) is 17.9. The van der Waals surface area contributed by atoms with E-state index in [9.17, 15) is 8.42 Å². The SMILES string of the molecule is Cc1ccccc1-n1nnnc1SCCS(=O)(=O)c1ccc(Cl)cc1. The molecule has 0 saturated carbocycles. The number of aromatic nitrogens is 4. The highest BCUT2D eigenvalue weighted by molar-refractivity contribution is 8.00. The molecule has 0 amide bonds. The number of hydrogen-bond donors (Lipinski definition) is 0. The highest BCUT2D eigenvalue weighted by Crippen LogP contribution is 2.22. The molecule has 0 bridgehead atoms. The van der Waals surface area contributed by atoms with E-state index in [1.54, 1.807) is 16.8 Å². The van der Waals surface area contributed by atoms with Gasteiger partial charge in [0.25, 0.3) is 0 Å². The lowest BCUT2D eigenvalue weighted by molar-refractivity contribution is 0.597. The van der Waals surface area contributed by atoms with Crippen molar-refractivity contribution in [3.63, 3.8) is 0 Å². The Labute approximate surface area is 155 Å². The molecule has 0 aliphatic rings. The molecule has 0 saturated heterocycles. The number of sulfone groups is 1. The number of aryl methyl sites for hydroxylation is 1. The molecule has 3 rings (SSSR count). The Bertz CT molecular complexity index is 972. The van der Waals surface area contributed by atoms with Crippen molar-refractivity contribution in [3.8, 4) is 5.69 Å². The monoisotopic (exact) mass is 394 g/mol. The third-order valence-corrected chi connectivity index (χ3v) is 6.70. The number of nitrogens with zero attached hydrogens (tertiary/aromatic N) is 4. The summed E-state index contributed by atoms with van der Waals surface area (Å²) in [6.45, 7) is 1.97. The van der Waals surface area contributed by atoms with Crippen LogP contribution < -0.4 is 0 Å². The fourth-order valence-electron chi connectivity index (χ4n) is 2.22. The molecule has 0 atom stereocenters. The van der Waals surface area contributed by atoms with Crippen molar-refractivity contribution in [2.45, 2.75) is 17.0 Å². The summed E-state index contributed by atoms with van der Waals surface area (Å²) in [7, 11) is -3.37. The van der Waals surface area contributed by atoms with Crippen LogP contribution in [0.3, 0.4) is 0 Å². The molecule has 0 aliphatic heterocycles. The quantitative estimate of drug-likeness (QED) is 0.597. The Hall–Kier alpha value is -1.90. The van der Waals surface area contributed by atoms with Gasteiger partial charge in [-0.1, -0.05) is 41.6 Å². The molecule has 1 heterocycles. The highest BCUT2D eigenvalue weighted by Gasteiger charge is 2.16. The van der Waals surface area contributed by atoms with Crippen LogP contribution in [-0.4, -0.2) is 40.1 Å². The minimum Gasteiger partial charge on any atom is -0.224 e. The Balaban J connectivity index is 1.70. The van der Waals surface area contributed by atoms with E-state index in [4.69, 9.17) is 11.6 Å². The molecule has 9 heteroatoms. The lowest BCUT2D eigenvalue weighted by Gasteiger charge is -2.07. The van der Waals surface area contributed by atoms with Crippen molar-refractivity contribution in [1.29, 1.82) is 0 Å². The normalized spacial score (nSPS) is 11.6. The zero-order valence-corrected chi connectivity index (χ0v) is 15.7. The van der Waals surface area contributed by atoms with Gasteiger partial charge in [-0.3, -0.25) is 0 Å². The van der Waals surface area contributed by atoms with Gasteiger partial charge in [0.15, 0.2) is 9.84 Å². The summed E-state index contributed by atoms with van der Waals surface area (Å²) in [5.74, 6) is 0.331. The molecule has 2 aromatic carbocycles. The van der Waals surface area contributed by atoms with Crippen LogP contribution in [0.4, 0.5) is 0 Å². The lowest BCUT2D eigenvalue weighted by Crippen LogP contribution is -2.09. The molecule has 0 radical (unpaired) electrons. The van der Waals surface area contributed by atoms with Crippen molar-refractivity contribution in [3.05, 3.63) is 59.1 Å². The van der Waals surface area contributed by atoms with Crippen molar-refractivity contribution in [1.82, 2.24) is 20.2 Å². The topological polar surface area (TPSA) is 77.7 Å². The second-order valence-electron chi connectivity index (χ2n) is 5.28. The van der Waals surface area contributed by atoms with Gasteiger partial charge in [0.05, 0.1) is 16.3 Å². The molecule has 0 aliphatic carbocycles. The van der Waals surface area contributed by atoms with Crippen LogP contribution in [0.15, 0.2) is 58.6 Å². The number of tetrazole rings is 1. The van der Waals surface area contributed by atoms with Gasteiger partial charge < -0.3 is 0 Å². The van der Waals surface area contributed by atoms with Gasteiger partial charge in [-0.05, 0) is 53.2 Å². The van der Waals surface area contributed by atoms with Crippen LogP contribution in [0, 0.1) is 6.92 Å². The number of hydrogen-bond acceptors (Lipinski definition) is 6. The van der Waals surface area contributed by atoms with Crippen LogP contribution in [0.5, 0.6) is 0 Å². The Morgan fingerprint density at radius 3 is 2.56 bits per heavy atom. The Morgan fingerprint density at radius 2 is 1.84 bits per heavy atom. The largest absolute Gasteiger partial charge is 0.224 e. The molecule has 0 fully saturated rings. The van der Waals surface area contributed by atoms with Gasteiger partial charge in [0.2, 0.25) is 5.16 Å². The third-order valence-electron chi connectivity index (χ3n) is 3.54. The summed E-state index contributed by atoms with van der Waals surface area (Å²) >= 11 is 7.10. The Kier molecular flexibility index (Phi) is 5.41. The standard InChI is InChI=1S/C16H15ClN4O2S2/c1-12-4-2-3-5-15(12)21-16(18-19-20-21)24-10-11-25(22,23)14-8-6-13(17)7-9-14/h2-9H,10-11H2,1H3. The highest BCUT2D eigenvalue weighted by atomic mass is 35.5. The molecule has 0 N–H and O–H groups in total. The maximum Gasteiger partial charge on any atom is 0.214 e. The smallest absolute Gasteiger partial charge is 0.214 e. The summed E-state index contributed by atoms with van der Waals surface area (Å²) < 4.78 is 26.4. The molecule has 0 spiro atoms. The first-order valence-electron chi connectivity index (χ1n) is 7.43. The van der Waals surface area contributed by atoms with E-state index in [0.29, 0.717) is 15.9 Å². The molecular weight excluding hydrogens is 380 g/mol. The predicted octanol–water partition coefficient (Wildman–Crippen LogP) is 3.19. The average molecular weight is 395 g/mol. The van der Waals surface area contributed by atoms with Gasteiger partial charge in [0.1, 0.15) is 0 Å². The predicted molar refractivity (Wildman–Crippen MR) is 98.1 cm³/mol. The van der Waals surface area contributed by atoms with Gasteiger partial charge in [-0.2, -0.15) is 4.68 Å². The van der Waals surface area contributed by atoms with Crippen LogP contribution in [0.2, 0.25) is 5.02 Å². The molecule has 3 aromatic rings. The second kappa shape index (κ2) is 7.55. The average Bonchev–Trinajstić information content (AvgIpc) is 3.04. The summed E-state index contributed by atoms with van der Waals surface area (Å²) in [6.07, 6.45) is 0. The minimum atomic E-state index is -3.37. The van der Waals surface area contributed by atoms with E-state index in [1.807, 2.05) is 31.2 Å². The molecule has 1 aromatic heterocycles. The number of para-hydroxylation sites is 1. The van der Waals surface area contributed by atoms with E-state index in [2.05, 4.69) is 15.5 Å². The van der Waals surface area contributed by atoms with Crippen molar-refractivity contribution in [2.24, 2.45) is 0 Å². The lowest BCUT2D eigenvalue weighted by atomic mass is 10.2. The third kappa shape index (κ3) is 4.20. The van der Waals surface area contributed by atoms with Crippen molar-refractivity contribution >= 4 is 33.2 Å². The number of rotatable bonds is 6. The first-order chi connectivity index (χ1) is 12.0. The number of halogens is 1. The molecule has 0 unspecified atom stereocenters. The van der Waals surface area contributed by atoms with Crippen LogP contribution in [0.1, 0.15) is 5.56 Å². The number of benzene rings is 2. The van der Waals surface area contributed by atoms with E-state index in [0.717, 1.165) is 11.3 Å². The fourth-order valence-corrected chi connectivity index (χ4v) is 4.88. The fraction of sp³-hybridized carbons (Fsp3) is 0.188. The first-order valence-corrected chi connectivity index (χ1v) is 10.4. The second-order valence-corrected chi connectivity index (χ2v) is 8.89. The van der Waals surface area contributed by atoms with Crippen LogP contribution >= 0.6 is 23.4 Å². The van der Waals surface area contributed by atoms with E-state index in [-0.39, 0.29) is 10.6 Å². The first kappa shape index (κ1) is 17.9. The maximum atomic E-state index is 12.4. The molecule has 25 heavy (non-hydrogen) atoms. The van der Waals surface area contributed by atoms with Gasteiger partial charge in [-0.25, -0.2) is 8.42 Å². The Morgan fingerprint density at radius 1 is 1.12 bits per heavy atom. The van der Waals surface area contributed by atoms with Crippen LogP contribution in [0.25, 0.3) is 5.69 Å². The summed E-state index contributed by atoms with van der Waals surface area (Å²) in [6, 6.07) is 13.9. The van der Waals surface area contributed by atoms with Crippen LogP contribution in [-0.2, 0) is 9.84 Å². The molecule has 6 nitrogen and oxygen atoms in total. The van der Waals surface area contributed by atoms with E-state index < -0.39 is 9.84 Å². The van der Waals surface area contributed by atoms with Gasteiger partial charge >= 0.3 is 0 Å². The molecule has 130 valence electrons. The van der Waals surface area contributed by atoms with Gasteiger partial charge in [-0.15, -0.1) is 5.10 Å². The summed E-state index contributed by atoms with van der Waals surface area (Å²) in [5, 5.41) is 12.8. The van der Waals surface area contributed by atoms with Crippen molar-refractivity contribution < 1.29 is 8.42 Å². The maximum absolute atomic E-state index is 12.4. The molecular formula is C16H15ClN4O2S2.